The number of carbonyl (C=O) groups is 1. The van der Waals surface area contributed by atoms with Gasteiger partial charge in [-0.2, -0.15) is 0 Å². The molecule has 0 aromatic heterocycles. The van der Waals surface area contributed by atoms with Crippen molar-refractivity contribution in [1.29, 1.82) is 0 Å². The van der Waals surface area contributed by atoms with Crippen LogP contribution in [0.5, 0.6) is 0 Å². The lowest BCUT2D eigenvalue weighted by molar-refractivity contribution is 0.101. The Morgan fingerprint density at radius 1 is 1.50 bits per heavy atom. The highest BCUT2D eigenvalue weighted by Crippen LogP contribution is 2.14. The largest absolute Gasteiger partial charge is 0.491 e. The fourth-order valence-electron chi connectivity index (χ4n) is 1.05. The van der Waals surface area contributed by atoms with Crippen LogP contribution in [-0.2, 0) is 0 Å². The summed E-state index contributed by atoms with van der Waals surface area (Å²) in [6, 6.07) is 2.51. The zero-order chi connectivity index (χ0) is 10.9. The van der Waals surface area contributed by atoms with E-state index in [0.29, 0.717) is 4.47 Å². The van der Waals surface area contributed by atoms with Crippen LogP contribution in [0.3, 0.4) is 0 Å². The van der Waals surface area contributed by atoms with E-state index in [4.69, 9.17) is 10.0 Å². The molecule has 0 fully saturated rings. The second kappa shape index (κ2) is 4.21. The van der Waals surface area contributed by atoms with Crippen molar-refractivity contribution in [2.75, 3.05) is 0 Å². The van der Waals surface area contributed by atoms with Crippen molar-refractivity contribution in [1.82, 2.24) is 0 Å². The van der Waals surface area contributed by atoms with Gasteiger partial charge in [0.1, 0.15) is 5.82 Å². The van der Waals surface area contributed by atoms with Gasteiger partial charge in [-0.3, -0.25) is 4.79 Å². The van der Waals surface area contributed by atoms with Gasteiger partial charge in [0.25, 0.3) is 0 Å². The predicted octanol–water partition coefficient (Wildman–Crippen LogP) is 0.471. The van der Waals surface area contributed by atoms with Crippen molar-refractivity contribution in [3.8, 4) is 0 Å². The molecule has 3 nitrogen and oxygen atoms in total. The van der Waals surface area contributed by atoms with Crippen LogP contribution in [0.2, 0.25) is 0 Å². The molecule has 1 aromatic rings. The molecule has 2 N–H and O–H groups in total. The second-order valence-corrected chi connectivity index (χ2v) is 3.70. The van der Waals surface area contributed by atoms with Crippen LogP contribution >= 0.6 is 15.9 Å². The van der Waals surface area contributed by atoms with Crippen LogP contribution in [0, 0.1) is 5.82 Å². The molecule has 0 aliphatic rings. The molecule has 74 valence electrons. The van der Waals surface area contributed by atoms with E-state index in [9.17, 15) is 9.18 Å². The van der Waals surface area contributed by atoms with Crippen molar-refractivity contribution < 1.29 is 19.2 Å². The summed E-state index contributed by atoms with van der Waals surface area (Å²) in [5.41, 5.74) is -0.480. The van der Waals surface area contributed by atoms with Crippen molar-refractivity contribution in [2.24, 2.45) is 0 Å². The first-order valence-corrected chi connectivity index (χ1v) is 4.58. The molecule has 0 aliphatic heterocycles. The summed E-state index contributed by atoms with van der Waals surface area (Å²) in [5, 5.41) is 17.6. The third-order valence-corrected chi connectivity index (χ3v) is 2.18. The highest BCUT2D eigenvalue weighted by Gasteiger charge is 2.21. The molecular weight excluding hydrogens is 254 g/mol. The third kappa shape index (κ3) is 2.20. The highest BCUT2D eigenvalue weighted by atomic mass is 79.9. The fourth-order valence-corrected chi connectivity index (χ4v) is 1.53. The minimum atomic E-state index is -1.93. The van der Waals surface area contributed by atoms with E-state index in [-0.39, 0.29) is 11.0 Å². The first-order chi connectivity index (χ1) is 6.43. The number of hydrogen-bond donors (Lipinski definition) is 2. The summed E-state index contributed by atoms with van der Waals surface area (Å²) in [4.78, 5) is 11.0. The van der Waals surface area contributed by atoms with Gasteiger partial charge in [-0.1, -0.05) is 15.9 Å². The summed E-state index contributed by atoms with van der Waals surface area (Å²) in [7, 11) is -1.93. The molecule has 0 bridgehead atoms. The zero-order valence-corrected chi connectivity index (χ0v) is 8.88. The summed E-state index contributed by atoms with van der Waals surface area (Å²) in [6.07, 6.45) is 0. The Morgan fingerprint density at radius 3 is 2.50 bits per heavy atom. The minimum Gasteiger partial charge on any atom is -0.423 e. The molecule has 0 amide bonds. The molecule has 0 spiro atoms. The lowest BCUT2D eigenvalue weighted by Gasteiger charge is -2.06. The van der Waals surface area contributed by atoms with Gasteiger partial charge in [-0.05, 0) is 19.1 Å². The molecule has 0 saturated heterocycles. The number of Topliss-reactive ketones (excluding diaryl/α,β-unsaturated/α-hetero) is 1. The maximum absolute atomic E-state index is 13.4. The monoisotopic (exact) mass is 260 g/mol. The van der Waals surface area contributed by atoms with E-state index in [1.165, 1.54) is 19.1 Å². The predicted molar refractivity (Wildman–Crippen MR) is 53.9 cm³/mol. The molecular formula is C8H7BBrFO3. The van der Waals surface area contributed by atoms with Crippen LogP contribution in [0.1, 0.15) is 17.3 Å². The second-order valence-electron chi connectivity index (χ2n) is 2.79. The highest BCUT2D eigenvalue weighted by molar-refractivity contribution is 9.10. The van der Waals surface area contributed by atoms with E-state index in [1.807, 2.05) is 0 Å². The van der Waals surface area contributed by atoms with Gasteiger partial charge in [0.05, 0.1) is 5.56 Å². The average molecular weight is 261 g/mol. The molecule has 0 atom stereocenters. The van der Waals surface area contributed by atoms with E-state index >= 15 is 0 Å². The molecule has 0 aliphatic carbocycles. The first kappa shape index (κ1) is 11.4. The van der Waals surface area contributed by atoms with Crippen molar-refractivity contribution in [3.05, 3.63) is 28.0 Å². The van der Waals surface area contributed by atoms with Crippen molar-refractivity contribution >= 4 is 34.3 Å². The number of benzene rings is 1. The first-order valence-electron chi connectivity index (χ1n) is 3.79. The molecule has 6 heteroatoms. The Hall–Kier alpha value is -0.715. The molecule has 14 heavy (non-hydrogen) atoms. The lowest BCUT2D eigenvalue weighted by atomic mass is 9.78. The molecule has 0 unspecified atom stereocenters. The Balaban J connectivity index is 3.40. The van der Waals surface area contributed by atoms with E-state index in [1.54, 1.807) is 0 Å². The molecule has 1 rings (SSSR count). The van der Waals surface area contributed by atoms with Gasteiger partial charge in [-0.15, -0.1) is 0 Å². The van der Waals surface area contributed by atoms with Gasteiger partial charge in [0.2, 0.25) is 0 Å². The van der Waals surface area contributed by atoms with E-state index in [2.05, 4.69) is 15.9 Å². The van der Waals surface area contributed by atoms with Gasteiger partial charge in [-0.25, -0.2) is 4.39 Å². The molecule has 0 saturated carbocycles. The number of halogens is 2. The number of rotatable bonds is 2. The Morgan fingerprint density at radius 2 is 2.07 bits per heavy atom. The number of ketones is 1. The van der Waals surface area contributed by atoms with Gasteiger partial charge in [0, 0.05) is 9.94 Å². The molecule has 0 heterocycles. The standard InChI is InChI=1S/C8H7BBrFO3/c1-4(12)6-2-5(10)3-7(8(6)11)9(13)14/h2-3,13-14H,1H3. The third-order valence-electron chi connectivity index (χ3n) is 1.72. The van der Waals surface area contributed by atoms with Crippen LogP contribution < -0.4 is 5.46 Å². The van der Waals surface area contributed by atoms with Gasteiger partial charge in [0.15, 0.2) is 5.78 Å². The quantitative estimate of drug-likeness (QED) is 0.601. The zero-order valence-electron chi connectivity index (χ0n) is 7.29. The normalized spacial score (nSPS) is 10.1. The maximum atomic E-state index is 13.4. The summed E-state index contributed by atoms with van der Waals surface area (Å²) in [6.45, 7) is 1.21. The minimum absolute atomic E-state index is 0.164. The number of carbonyl (C=O) groups excluding carboxylic acids is 1. The molecule has 1 aromatic carbocycles. The topological polar surface area (TPSA) is 57.5 Å². The Kier molecular flexibility index (Phi) is 3.41. The van der Waals surface area contributed by atoms with E-state index in [0.717, 1.165) is 0 Å². The Bertz CT molecular complexity index is 381. The van der Waals surface area contributed by atoms with Crippen LogP contribution in [0.15, 0.2) is 16.6 Å². The van der Waals surface area contributed by atoms with Gasteiger partial charge >= 0.3 is 7.12 Å². The maximum Gasteiger partial charge on any atom is 0.491 e. The average Bonchev–Trinajstić information content (AvgIpc) is 2.07. The van der Waals surface area contributed by atoms with Gasteiger partial charge < -0.3 is 10.0 Å². The van der Waals surface area contributed by atoms with Crippen LogP contribution in [0.25, 0.3) is 0 Å². The van der Waals surface area contributed by atoms with Crippen LogP contribution in [0.4, 0.5) is 4.39 Å². The summed E-state index contributed by atoms with van der Waals surface area (Å²) in [5.74, 6) is -1.36. The number of hydrogen-bond acceptors (Lipinski definition) is 3. The molecule has 0 radical (unpaired) electrons. The summed E-state index contributed by atoms with van der Waals surface area (Å²) < 4.78 is 13.8. The fraction of sp³-hybridized carbons (Fsp3) is 0.125. The van der Waals surface area contributed by atoms with Crippen molar-refractivity contribution in [2.45, 2.75) is 6.92 Å². The SMILES string of the molecule is CC(=O)c1cc(Br)cc(B(O)O)c1F. The smallest absolute Gasteiger partial charge is 0.423 e. The summed E-state index contributed by atoms with van der Waals surface area (Å²) >= 11 is 3.04. The van der Waals surface area contributed by atoms with E-state index < -0.39 is 18.7 Å². The van der Waals surface area contributed by atoms with Crippen LogP contribution in [-0.4, -0.2) is 22.9 Å². The Labute approximate surface area is 88.8 Å². The lowest BCUT2D eigenvalue weighted by Crippen LogP contribution is -2.34. The van der Waals surface area contributed by atoms with Crippen molar-refractivity contribution in [3.63, 3.8) is 0 Å².